The number of cyclic esters (lactones) is 2. The second kappa shape index (κ2) is 3.03. The minimum atomic E-state index is -0.367. The van der Waals surface area contributed by atoms with Crippen LogP contribution in [-0.2, 0) is 14.3 Å². The molecule has 0 radical (unpaired) electrons. The number of esters is 2. The molecule has 0 aromatic heterocycles. The van der Waals surface area contributed by atoms with Crippen LogP contribution in [0.3, 0.4) is 0 Å². The van der Waals surface area contributed by atoms with Crippen molar-refractivity contribution in [3.05, 3.63) is 0 Å². The first-order valence-electron chi connectivity index (χ1n) is 3.92. The van der Waals surface area contributed by atoms with Gasteiger partial charge in [-0.05, 0) is 6.42 Å². The van der Waals surface area contributed by atoms with Gasteiger partial charge >= 0.3 is 11.9 Å². The maximum Gasteiger partial charge on any atom is 0.317 e. The van der Waals surface area contributed by atoms with E-state index in [4.69, 9.17) is 0 Å². The van der Waals surface area contributed by atoms with Gasteiger partial charge in [-0.2, -0.15) is 0 Å². The average Bonchev–Trinajstić information content (AvgIpc) is 2.17. The predicted molar refractivity (Wildman–Crippen MR) is 38.7 cm³/mol. The van der Waals surface area contributed by atoms with E-state index in [0.29, 0.717) is 0 Å². The molecule has 3 heteroatoms. The summed E-state index contributed by atoms with van der Waals surface area (Å²) in [6, 6.07) is 0. The summed E-state index contributed by atoms with van der Waals surface area (Å²) in [5, 5.41) is 0. The number of hydrogen-bond donors (Lipinski definition) is 0. The zero-order chi connectivity index (χ0) is 8.43. The summed E-state index contributed by atoms with van der Waals surface area (Å²) >= 11 is 0. The molecule has 62 valence electrons. The van der Waals surface area contributed by atoms with Gasteiger partial charge in [0, 0.05) is 0 Å². The fraction of sp³-hybridized carbons (Fsp3) is 0.750. The van der Waals surface area contributed by atoms with E-state index in [1.807, 2.05) is 6.92 Å². The van der Waals surface area contributed by atoms with Crippen LogP contribution in [0, 0.1) is 11.8 Å². The molecule has 0 aliphatic carbocycles. The monoisotopic (exact) mass is 156 g/mol. The third-order valence-electron chi connectivity index (χ3n) is 2.08. The van der Waals surface area contributed by atoms with Crippen LogP contribution in [0.5, 0.6) is 0 Å². The molecule has 1 unspecified atom stereocenters. The highest BCUT2D eigenvalue weighted by Crippen LogP contribution is 2.26. The van der Waals surface area contributed by atoms with Crippen LogP contribution in [0.25, 0.3) is 0 Å². The lowest BCUT2D eigenvalue weighted by molar-refractivity contribution is -0.153. The largest absolute Gasteiger partial charge is 0.393 e. The number of carbonyl (C=O) groups is 2. The molecule has 0 aromatic rings. The van der Waals surface area contributed by atoms with Crippen molar-refractivity contribution in [2.75, 3.05) is 0 Å². The second-order valence-electron chi connectivity index (χ2n) is 2.92. The van der Waals surface area contributed by atoms with Gasteiger partial charge in [-0.1, -0.05) is 20.3 Å². The number of carbonyl (C=O) groups excluding carboxylic acids is 2. The quantitative estimate of drug-likeness (QED) is 0.444. The van der Waals surface area contributed by atoms with Crippen molar-refractivity contribution in [3.63, 3.8) is 0 Å². The zero-order valence-corrected chi connectivity index (χ0v) is 6.79. The third kappa shape index (κ3) is 1.42. The normalized spacial score (nSPS) is 30.7. The van der Waals surface area contributed by atoms with E-state index in [1.165, 1.54) is 0 Å². The Morgan fingerprint density at radius 3 is 2.36 bits per heavy atom. The lowest BCUT2D eigenvalue weighted by Gasteiger charge is -2.05. The maximum atomic E-state index is 10.9. The van der Waals surface area contributed by atoms with Crippen LogP contribution in [0.2, 0.25) is 0 Å². The average molecular weight is 156 g/mol. The molecule has 1 aliphatic rings. The van der Waals surface area contributed by atoms with Gasteiger partial charge in [-0.3, -0.25) is 9.59 Å². The summed E-state index contributed by atoms with van der Waals surface area (Å²) in [5.41, 5.74) is 0. The molecule has 1 rings (SSSR count). The van der Waals surface area contributed by atoms with Crippen LogP contribution in [0.1, 0.15) is 26.7 Å². The highest BCUT2D eigenvalue weighted by Gasteiger charge is 2.40. The van der Waals surface area contributed by atoms with E-state index in [1.54, 1.807) is 6.92 Å². The Balaban J connectivity index is 2.63. The van der Waals surface area contributed by atoms with Crippen LogP contribution in [0.15, 0.2) is 0 Å². The zero-order valence-electron chi connectivity index (χ0n) is 6.79. The van der Waals surface area contributed by atoms with E-state index in [0.717, 1.165) is 12.8 Å². The number of hydrogen-bond acceptors (Lipinski definition) is 3. The van der Waals surface area contributed by atoms with Gasteiger partial charge in [0.1, 0.15) is 0 Å². The van der Waals surface area contributed by atoms with Crippen molar-refractivity contribution in [2.45, 2.75) is 26.7 Å². The van der Waals surface area contributed by atoms with Gasteiger partial charge in [0.15, 0.2) is 0 Å². The summed E-state index contributed by atoms with van der Waals surface area (Å²) in [4.78, 5) is 21.8. The molecule has 1 saturated heterocycles. The SMILES string of the molecule is CCCC1C(=O)OC(=O)[C@H]1C. The topological polar surface area (TPSA) is 43.4 Å². The summed E-state index contributed by atoms with van der Waals surface area (Å²) < 4.78 is 4.46. The minimum Gasteiger partial charge on any atom is -0.393 e. The number of ether oxygens (including phenoxy) is 1. The highest BCUT2D eigenvalue weighted by molar-refractivity contribution is 5.96. The van der Waals surface area contributed by atoms with E-state index in [2.05, 4.69) is 4.74 Å². The van der Waals surface area contributed by atoms with Crippen LogP contribution in [0.4, 0.5) is 0 Å². The Morgan fingerprint density at radius 1 is 1.36 bits per heavy atom. The summed E-state index contributed by atoms with van der Waals surface area (Å²) in [5.74, 6) is -1.13. The Hall–Kier alpha value is -0.860. The van der Waals surface area contributed by atoms with Crippen molar-refractivity contribution in [1.29, 1.82) is 0 Å². The molecule has 0 N–H and O–H groups in total. The molecule has 1 heterocycles. The molecule has 0 aromatic carbocycles. The first kappa shape index (κ1) is 8.24. The van der Waals surface area contributed by atoms with Crippen LogP contribution >= 0.6 is 0 Å². The predicted octanol–water partition coefficient (Wildman–Crippen LogP) is 1.12. The molecular formula is C8H12O3. The van der Waals surface area contributed by atoms with Gasteiger partial charge in [0.05, 0.1) is 11.8 Å². The second-order valence-corrected chi connectivity index (χ2v) is 2.92. The fourth-order valence-electron chi connectivity index (χ4n) is 1.32. The lowest BCUT2D eigenvalue weighted by Crippen LogP contribution is -2.13. The Morgan fingerprint density at radius 2 is 2.00 bits per heavy atom. The van der Waals surface area contributed by atoms with E-state index in [-0.39, 0.29) is 23.8 Å². The molecule has 2 atom stereocenters. The smallest absolute Gasteiger partial charge is 0.317 e. The first-order valence-corrected chi connectivity index (χ1v) is 3.92. The lowest BCUT2D eigenvalue weighted by atomic mass is 9.93. The first-order chi connectivity index (χ1) is 5.16. The molecular weight excluding hydrogens is 144 g/mol. The molecule has 11 heavy (non-hydrogen) atoms. The summed E-state index contributed by atoms with van der Waals surface area (Å²) in [7, 11) is 0. The third-order valence-corrected chi connectivity index (χ3v) is 2.08. The molecule has 1 aliphatic heterocycles. The van der Waals surface area contributed by atoms with Crippen molar-refractivity contribution in [3.8, 4) is 0 Å². The van der Waals surface area contributed by atoms with Crippen molar-refractivity contribution in [2.24, 2.45) is 11.8 Å². The fourth-order valence-corrected chi connectivity index (χ4v) is 1.32. The van der Waals surface area contributed by atoms with Gasteiger partial charge in [-0.15, -0.1) is 0 Å². The molecule has 0 bridgehead atoms. The Kier molecular flexibility index (Phi) is 2.27. The van der Waals surface area contributed by atoms with Gasteiger partial charge in [0.2, 0.25) is 0 Å². The summed E-state index contributed by atoms with van der Waals surface area (Å²) in [6.45, 7) is 3.73. The van der Waals surface area contributed by atoms with Crippen LogP contribution < -0.4 is 0 Å². The van der Waals surface area contributed by atoms with Crippen molar-refractivity contribution >= 4 is 11.9 Å². The van der Waals surface area contributed by atoms with Crippen molar-refractivity contribution in [1.82, 2.24) is 0 Å². The molecule has 3 nitrogen and oxygen atoms in total. The molecule has 1 fully saturated rings. The Bertz CT molecular complexity index is 186. The highest BCUT2D eigenvalue weighted by atomic mass is 16.6. The van der Waals surface area contributed by atoms with Gasteiger partial charge < -0.3 is 4.74 Å². The van der Waals surface area contributed by atoms with E-state index < -0.39 is 0 Å². The minimum absolute atomic E-state index is 0.188. The summed E-state index contributed by atoms with van der Waals surface area (Å²) in [6.07, 6.45) is 1.67. The van der Waals surface area contributed by atoms with Crippen molar-refractivity contribution < 1.29 is 14.3 Å². The molecule has 0 saturated carbocycles. The standard InChI is InChI=1S/C8H12O3/c1-3-4-6-5(2)7(9)11-8(6)10/h5-6H,3-4H2,1-2H3/t5-,6?/m0/s1. The van der Waals surface area contributed by atoms with E-state index >= 15 is 0 Å². The Labute approximate surface area is 65.7 Å². The van der Waals surface area contributed by atoms with Gasteiger partial charge in [0.25, 0.3) is 0 Å². The van der Waals surface area contributed by atoms with E-state index in [9.17, 15) is 9.59 Å². The molecule has 0 amide bonds. The van der Waals surface area contributed by atoms with Crippen LogP contribution in [-0.4, -0.2) is 11.9 Å². The maximum absolute atomic E-state index is 10.9. The number of rotatable bonds is 2. The van der Waals surface area contributed by atoms with Gasteiger partial charge in [-0.25, -0.2) is 0 Å². The molecule has 0 spiro atoms.